The molecule has 1 amide bonds. The maximum atomic E-state index is 12.7. The fraction of sp³-hybridized carbons (Fsp3) is 0.458. The number of fused-ring (bicyclic) bond motifs is 1. The van der Waals surface area contributed by atoms with Crippen molar-refractivity contribution in [3.63, 3.8) is 0 Å². The van der Waals surface area contributed by atoms with Gasteiger partial charge in [0.1, 0.15) is 0 Å². The number of rotatable bonds is 3. The van der Waals surface area contributed by atoms with E-state index in [1.807, 2.05) is 13.1 Å². The van der Waals surface area contributed by atoms with Crippen LogP contribution in [0.5, 0.6) is 0 Å². The maximum Gasteiger partial charge on any atom is 0.250 e. The molecule has 1 aromatic heterocycles. The van der Waals surface area contributed by atoms with Crippen molar-refractivity contribution >= 4 is 17.7 Å². The van der Waals surface area contributed by atoms with Crippen molar-refractivity contribution in [1.29, 1.82) is 0 Å². The zero-order valence-corrected chi connectivity index (χ0v) is 16.5. The van der Waals surface area contributed by atoms with Gasteiger partial charge in [0.05, 0.1) is 12.5 Å². The first kappa shape index (κ1) is 17.7. The lowest BCUT2D eigenvalue weighted by molar-refractivity contribution is -0.113. The number of hydrogen-bond donors (Lipinski definition) is 1. The predicted octanol–water partition coefficient (Wildman–Crippen LogP) is 4.30. The number of nitrogens with zero attached hydrogens (tertiary/aromatic N) is 1. The number of nitrogens with one attached hydrogen (secondary N) is 1. The van der Waals surface area contributed by atoms with Crippen LogP contribution in [0.15, 0.2) is 47.3 Å². The number of benzene rings is 1. The summed E-state index contributed by atoms with van der Waals surface area (Å²) in [5.74, 6) is 0.734. The third kappa shape index (κ3) is 2.82. The summed E-state index contributed by atoms with van der Waals surface area (Å²) in [6.07, 6.45) is 14.3. The highest BCUT2D eigenvalue weighted by Crippen LogP contribution is 2.54. The molecule has 2 aliphatic carbocycles. The average Bonchev–Trinajstić information content (AvgIpc) is 3.25. The molecule has 1 saturated carbocycles. The average molecular weight is 377 g/mol. The van der Waals surface area contributed by atoms with Gasteiger partial charge in [0.15, 0.2) is 0 Å². The zero-order valence-electron chi connectivity index (χ0n) is 16.5. The molecule has 2 bridgehead atoms. The molecule has 4 nitrogen and oxygen atoms in total. The molecule has 5 rings (SSSR count). The minimum absolute atomic E-state index is 0.0159. The molecule has 0 spiro atoms. The van der Waals surface area contributed by atoms with E-state index in [2.05, 4.69) is 23.5 Å². The van der Waals surface area contributed by atoms with E-state index in [1.165, 1.54) is 43.2 Å². The van der Waals surface area contributed by atoms with Gasteiger partial charge >= 0.3 is 0 Å². The highest BCUT2D eigenvalue weighted by atomic mass is 16.3. The van der Waals surface area contributed by atoms with Crippen molar-refractivity contribution in [3.05, 3.63) is 59.6 Å². The lowest BCUT2D eigenvalue weighted by Gasteiger charge is -2.56. The molecule has 28 heavy (non-hydrogen) atoms. The van der Waals surface area contributed by atoms with Gasteiger partial charge in [-0.25, -0.2) is 0 Å². The first-order valence-corrected chi connectivity index (χ1v) is 10.5. The fourth-order valence-electron chi connectivity index (χ4n) is 5.90. The van der Waals surface area contributed by atoms with Crippen LogP contribution in [-0.2, 0) is 16.6 Å². The molecule has 4 heteroatoms. The second-order valence-corrected chi connectivity index (χ2v) is 8.65. The van der Waals surface area contributed by atoms with Gasteiger partial charge in [-0.15, -0.1) is 0 Å². The highest BCUT2D eigenvalue weighted by Gasteiger charge is 2.51. The Hall–Kier alpha value is -2.33. The Labute approximate surface area is 166 Å². The molecule has 146 valence electrons. The van der Waals surface area contributed by atoms with E-state index >= 15 is 0 Å². The zero-order chi connectivity index (χ0) is 19.1. The van der Waals surface area contributed by atoms with Crippen molar-refractivity contribution in [3.8, 4) is 0 Å². The quantitative estimate of drug-likeness (QED) is 0.813. The summed E-state index contributed by atoms with van der Waals surface area (Å²) >= 11 is 0. The standard InChI is InChI=1S/C24H28N2O2/c1-26(23(27)8-5-17-9-13-28-16-17)19-7-6-18-14-22-20-4-2-3-10-24(20,11-12-25-22)21(18)15-19/h5-9,13,15-16,20,22,25H,2-4,10-12,14H2,1H3/t20-,22+,24+/m0/s1. The number of carbonyl (C=O) groups is 1. The second kappa shape index (κ2) is 6.93. The van der Waals surface area contributed by atoms with E-state index < -0.39 is 0 Å². The third-order valence-corrected chi connectivity index (χ3v) is 7.31. The number of furan rings is 1. The molecular weight excluding hydrogens is 348 g/mol. The Bertz CT molecular complexity index is 897. The summed E-state index contributed by atoms with van der Waals surface area (Å²) in [7, 11) is 1.87. The highest BCUT2D eigenvalue weighted by molar-refractivity contribution is 6.03. The summed E-state index contributed by atoms with van der Waals surface area (Å²) in [5.41, 5.74) is 5.21. The molecule has 2 aromatic rings. The Balaban J connectivity index is 1.46. The summed E-state index contributed by atoms with van der Waals surface area (Å²) < 4.78 is 5.06. The van der Waals surface area contributed by atoms with Gasteiger partial charge in [0.2, 0.25) is 0 Å². The van der Waals surface area contributed by atoms with Crippen LogP contribution >= 0.6 is 0 Å². The fourth-order valence-corrected chi connectivity index (χ4v) is 5.90. The van der Waals surface area contributed by atoms with Gasteiger partial charge in [0.25, 0.3) is 5.91 Å². The van der Waals surface area contributed by atoms with E-state index in [-0.39, 0.29) is 5.91 Å². The second-order valence-electron chi connectivity index (χ2n) is 8.65. The smallest absolute Gasteiger partial charge is 0.250 e. The Morgan fingerprint density at radius 2 is 2.21 bits per heavy atom. The van der Waals surface area contributed by atoms with Crippen molar-refractivity contribution in [2.45, 2.75) is 50.0 Å². The van der Waals surface area contributed by atoms with Gasteiger partial charge in [-0.3, -0.25) is 4.79 Å². The molecule has 1 aromatic carbocycles. The Morgan fingerprint density at radius 3 is 3.07 bits per heavy atom. The van der Waals surface area contributed by atoms with E-state index in [0.717, 1.165) is 30.1 Å². The van der Waals surface area contributed by atoms with Crippen molar-refractivity contribution in [1.82, 2.24) is 5.32 Å². The number of likely N-dealkylation sites (N-methyl/N-ethyl adjacent to an activating group) is 1. The van der Waals surface area contributed by atoms with Crippen LogP contribution in [0.25, 0.3) is 6.08 Å². The largest absolute Gasteiger partial charge is 0.472 e. The van der Waals surface area contributed by atoms with E-state index in [1.54, 1.807) is 29.6 Å². The molecule has 2 fully saturated rings. The summed E-state index contributed by atoms with van der Waals surface area (Å²) in [5, 5.41) is 3.79. The molecular formula is C24H28N2O2. The maximum absolute atomic E-state index is 12.7. The Morgan fingerprint density at radius 1 is 1.29 bits per heavy atom. The van der Waals surface area contributed by atoms with Crippen LogP contribution in [0.3, 0.4) is 0 Å². The molecule has 0 radical (unpaired) electrons. The van der Waals surface area contributed by atoms with Crippen LogP contribution in [-0.4, -0.2) is 25.5 Å². The van der Waals surface area contributed by atoms with Crippen LogP contribution in [0.1, 0.15) is 48.8 Å². The lowest BCUT2D eigenvalue weighted by Crippen LogP contribution is -2.59. The lowest BCUT2D eigenvalue weighted by atomic mass is 9.53. The van der Waals surface area contributed by atoms with Gasteiger partial charge in [-0.05, 0) is 73.5 Å². The van der Waals surface area contributed by atoms with Gasteiger partial charge < -0.3 is 14.6 Å². The van der Waals surface area contributed by atoms with E-state index in [0.29, 0.717) is 11.5 Å². The molecule has 3 atom stereocenters. The minimum Gasteiger partial charge on any atom is -0.472 e. The first-order valence-electron chi connectivity index (χ1n) is 10.5. The normalized spacial score (nSPS) is 28.6. The Kier molecular flexibility index (Phi) is 4.39. The number of piperidine rings is 1. The van der Waals surface area contributed by atoms with Crippen molar-refractivity contribution in [2.24, 2.45) is 5.92 Å². The molecule has 3 aliphatic rings. The molecule has 2 heterocycles. The number of anilines is 1. The van der Waals surface area contributed by atoms with Crippen LogP contribution in [0, 0.1) is 5.92 Å². The van der Waals surface area contributed by atoms with Crippen molar-refractivity contribution < 1.29 is 9.21 Å². The van der Waals surface area contributed by atoms with Crippen molar-refractivity contribution in [2.75, 3.05) is 18.5 Å². The molecule has 1 N–H and O–H groups in total. The van der Waals surface area contributed by atoms with Crippen LogP contribution < -0.4 is 10.2 Å². The number of carbonyl (C=O) groups excluding carboxylic acids is 1. The molecule has 1 saturated heterocycles. The van der Waals surface area contributed by atoms with Crippen LogP contribution in [0.4, 0.5) is 5.69 Å². The number of amides is 1. The van der Waals surface area contributed by atoms with E-state index in [9.17, 15) is 4.79 Å². The van der Waals surface area contributed by atoms with E-state index in [4.69, 9.17) is 4.42 Å². The minimum atomic E-state index is -0.0159. The predicted molar refractivity (Wildman–Crippen MR) is 111 cm³/mol. The third-order valence-electron chi connectivity index (χ3n) is 7.31. The summed E-state index contributed by atoms with van der Waals surface area (Å²) in [4.78, 5) is 14.5. The van der Waals surface area contributed by atoms with Gasteiger partial charge in [-0.1, -0.05) is 18.9 Å². The number of hydrogen-bond acceptors (Lipinski definition) is 3. The SMILES string of the molecule is CN(C(=O)C=Cc1ccoc1)c1ccc2c(c1)[C@@]13CCCC[C@H]1[C@@H](C2)NCC3. The summed E-state index contributed by atoms with van der Waals surface area (Å²) in [6, 6.07) is 9.17. The van der Waals surface area contributed by atoms with Gasteiger partial charge in [0, 0.05) is 35.8 Å². The van der Waals surface area contributed by atoms with Gasteiger partial charge in [-0.2, -0.15) is 0 Å². The molecule has 0 unspecified atom stereocenters. The van der Waals surface area contributed by atoms with Crippen LogP contribution in [0.2, 0.25) is 0 Å². The summed E-state index contributed by atoms with van der Waals surface area (Å²) in [6.45, 7) is 1.12. The topological polar surface area (TPSA) is 45.5 Å². The monoisotopic (exact) mass is 376 g/mol. The molecule has 1 aliphatic heterocycles. The first-order chi connectivity index (χ1) is 13.7.